The van der Waals surface area contributed by atoms with Crippen LogP contribution in [0.3, 0.4) is 0 Å². The Kier molecular flexibility index (Phi) is 6.89. The van der Waals surface area contributed by atoms with Crippen LogP contribution in [0.25, 0.3) is 0 Å². The maximum atomic E-state index is 4.48. The van der Waals surface area contributed by atoms with E-state index in [0.717, 1.165) is 51.3 Å². The minimum Gasteiger partial charge on any atom is -0.371 e. The largest absolute Gasteiger partial charge is 0.371 e. The number of guanidine groups is 1. The van der Waals surface area contributed by atoms with Gasteiger partial charge >= 0.3 is 0 Å². The Morgan fingerprint density at radius 3 is 2.69 bits per heavy atom. The smallest absolute Gasteiger partial charge is 0.191 e. The van der Waals surface area contributed by atoms with Gasteiger partial charge in [0.2, 0.25) is 0 Å². The molecule has 1 saturated heterocycles. The third kappa shape index (κ3) is 5.21. The predicted molar refractivity (Wildman–Crippen MR) is 111 cm³/mol. The highest BCUT2D eigenvalue weighted by atomic mass is 32.1. The zero-order valence-corrected chi connectivity index (χ0v) is 16.6. The van der Waals surface area contributed by atoms with Crippen molar-refractivity contribution in [3.63, 3.8) is 0 Å². The predicted octanol–water partition coefficient (Wildman–Crippen LogP) is 3.08. The normalized spacial score (nSPS) is 15.9. The first-order valence-electron chi connectivity index (χ1n) is 9.49. The molecule has 26 heavy (non-hydrogen) atoms. The Hall–Kier alpha value is -2.08. The SMILES string of the molecule is CCc1cnc(CCNC(=NC)NC2CCN(c3ccccc3)CC2)s1. The second-order valence-electron chi connectivity index (χ2n) is 6.56. The number of rotatable bonds is 6. The van der Waals surface area contributed by atoms with E-state index in [-0.39, 0.29) is 0 Å². The van der Waals surface area contributed by atoms with Crippen LogP contribution in [0.5, 0.6) is 0 Å². The number of hydrogen-bond acceptors (Lipinski definition) is 4. The fourth-order valence-corrected chi connectivity index (χ4v) is 4.09. The molecule has 0 radical (unpaired) electrons. The molecule has 140 valence electrons. The molecule has 1 fully saturated rings. The highest BCUT2D eigenvalue weighted by Gasteiger charge is 2.20. The van der Waals surface area contributed by atoms with Gasteiger partial charge in [-0.2, -0.15) is 0 Å². The Balaban J connectivity index is 1.40. The number of nitrogens with one attached hydrogen (secondary N) is 2. The van der Waals surface area contributed by atoms with Gasteiger partial charge in [0.1, 0.15) is 0 Å². The van der Waals surface area contributed by atoms with Gasteiger partial charge in [0, 0.05) is 55.9 Å². The molecule has 0 aliphatic carbocycles. The third-order valence-corrected chi connectivity index (χ3v) is 5.96. The van der Waals surface area contributed by atoms with Crippen molar-refractivity contribution in [3.05, 3.63) is 46.4 Å². The molecule has 0 bridgehead atoms. The summed E-state index contributed by atoms with van der Waals surface area (Å²) in [6.45, 7) is 5.19. The van der Waals surface area contributed by atoms with E-state index in [0.29, 0.717) is 6.04 Å². The molecule has 6 heteroatoms. The summed E-state index contributed by atoms with van der Waals surface area (Å²) < 4.78 is 0. The second-order valence-corrected chi connectivity index (χ2v) is 7.76. The molecule has 1 aliphatic rings. The molecular weight excluding hydrogens is 342 g/mol. The van der Waals surface area contributed by atoms with Gasteiger partial charge in [0.25, 0.3) is 0 Å². The molecule has 5 nitrogen and oxygen atoms in total. The van der Waals surface area contributed by atoms with Gasteiger partial charge in [-0.05, 0) is 31.4 Å². The maximum absolute atomic E-state index is 4.48. The van der Waals surface area contributed by atoms with Gasteiger partial charge < -0.3 is 15.5 Å². The van der Waals surface area contributed by atoms with Crippen molar-refractivity contribution in [2.45, 2.75) is 38.6 Å². The van der Waals surface area contributed by atoms with Crippen molar-refractivity contribution in [1.82, 2.24) is 15.6 Å². The Bertz CT molecular complexity index is 689. The van der Waals surface area contributed by atoms with Crippen molar-refractivity contribution in [3.8, 4) is 0 Å². The zero-order valence-electron chi connectivity index (χ0n) is 15.7. The van der Waals surface area contributed by atoms with Crippen LogP contribution < -0.4 is 15.5 Å². The van der Waals surface area contributed by atoms with Gasteiger partial charge in [0.15, 0.2) is 5.96 Å². The maximum Gasteiger partial charge on any atom is 0.191 e. The van der Waals surface area contributed by atoms with Gasteiger partial charge in [0.05, 0.1) is 5.01 Å². The van der Waals surface area contributed by atoms with Crippen LogP contribution in [0.1, 0.15) is 29.7 Å². The number of hydrogen-bond donors (Lipinski definition) is 2. The summed E-state index contributed by atoms with van der Waals surface area (Å²) in [5, 5.41) is 8.20. The van der Waals surface area contributed by atoms with Crippen LogP contribution in [0, 0.1) is 0 Å². The van der Waals surface area contributed by atoms with E-state index < -0.39 is 0 Å². The summed E-state index contributed by atoms with van der Waals surface area (Å²) in [7, 11) is 1.84. The fourth-order valence-electron chi connectivity index (χ4n) is 3.22. The highest BCUT2D eigenvalue weighted by Crippen LogP contribution is 2.19. The van der Waals surface area contributed by atoms with E-state index in [9.17, 15) is 0 Å². The summed E-state index contributed by atoms with van der Waals surface area (Å²) in [6.07, 6.45) is 6.26. The molecule has 0 spiro atoms. The molecular formula is C20H29N5S. The summed E-state index contributed by atoms with van der Waals surface area (Å²) in [5.74, 6) is 0.899. The molecule has 1 aliphatic heterocycles. The van der Waals surface area contributed by atoms with Crippen molar-refractivity contribution in [1.29, 1.82) is 0 Å². The van der Waals surface area contributed by atoms with E-state index in [1.165, 1.54) is 15.6 Å². The van der Waals surface area contributed by atoms with E-state index in [4.69, 9.17) is 0 Å². The van der Waals surface area contributed by atoms with Crippen LogP contribution in [0.2, 0.25) is 0 Å². The molecule has 1 aromatic heterocycles. The summed E-state index contributed by atoms with van der Waals surface area (Å²) in [4.78, 5) is 12.7. The molecule has 0 unspecified atom stereocenters. The Morgan fingerprint density at radius 1 is 1.27 bits per heavy atom. The molecule has 0 saturated carbocycles. The number of anilines is 1. The molecule has 3 rings (SSSR count). The van der Waals surface area contributed by atoms with Crippen molar-refractivity contribution >= 4 is 23.0 Å². The van der Waals surface area contributed by atoms with Crippen LogP contribution in [-0.4, -0.2) is 43.7 Å². The molecule has 1 aromatic carbocycles. The van der Waals surface area contributed by atoms with E-state index >= 15 is 0 Å². The summed E-state index contributed by atoms with van der Waals surface area (Å²) >= 11 is 1.81. The van der Waals surface area contributed by atoms with E-state index in [1.54, 1.807) is 0 Å². The minimum absolute atomic E-state index is 0.479. The van der Waals surface area contributed by atoms with Crippen molar-refractivity contribution in [2.24, 2.45) is 4.99 Å². The lowest BCUT2D eigenvalue weighted by atomic mass is 10.0. The first-order valence-corrected chi connectivity index (χ1v) is 10.3. The van der Waals surface area contributed by atoms with Crippen LogP contribution in [0.15, 0.2) is 41.5 Å². The van der Waals surface area contributed by atoms with Crippen LogP contribution in [-0.2, 0) is 12.8 Å². The molecule has 2 N–H and O–H groups in total. The quantitative estimate of drug-likeness (QED) is 0.605. The number of aromatic nitrogens is 1. The molecule has 0 atom stereocenters. The second kappa shape index (κ2) is 9.57. The fraction of sp³-hybridized carbons (Fsp3) is 0.500. The number of nitrogens with zero attached hydrogens (tertiary/aromatic N) is 3. The minimum atomic E-state index is 0.479. The van der Waals surface area contributed by atoms with Crippen molar-refractivity contribution < 1.29 is 0 Å². The number of piperidine rings is 1. The summed E-state index contributed by atoms with van der Waals surface area (Å²) in [6, 6.07) is 11.2. The first-order chi connectivity index (χ1) is 12.8. The Labute approximate surface area is 160 Å². The van der Waals surface area contributed by atoms with Gasteiger partial charge in [-0.3, -0.25) is 4.99 Å². The number of para-hydroxylation sites is 1. The van der Waals surface area contributed by atoms with Crippen LogP contribution in [0.4, 0.5) is 5.69 Å². The van der Waals surface area contributed by atoms with Gasteiger partial charge in [-0.25, -0.2) is 4.98 Å². The standard InChI is InChI=1S/C20H29N5S/c1-3-18-15-23-19(26-18)9-12-22-20(21-2)24-16-10-13-25(14-11-16)17-7-5-4-6-8-17/h4-8,15-16H,3,9-14H2,1-2H3,(H2,21,22,24). The lowest BCUT2D eigenvalue weighted by molar-refractivity contribution is 0.461. The number of aliphatic imine (C=N–C) groups is 1. The highest BCUT2D eigenvalue weighted by molar-refractivity contribution is 7.11. The molecule has 2 aromatic rings. The van der Waals surface area contributed by atoms with Gasteiger partial charge in [-0.15, -0.1) is 11.3 Å². The lowest BCUT2D eigenvalue weighted by Gasteiger charge is -2.34. The monoisotopic (exact) mass is 371 g/mol. The molecule has 0 amide bonds. The van der Waals surface area contributed by atoms with E-state index in [2.05, 4.69) is 62.8 Å². The number of thiazole rings is 1. The van der Waals surface area contributed by atoms with E-state index in [1.807, 2.05) is 24.6 Å². The average molecular weight is 372 g/mol. The average Bonchev–Trinajstić information content (AvgIpc) is 3.16. The number of benzene rings is 1. The zero-order chi connectivity index (χ0) is 18.2. The van der Waals surface area contributed by atoms with Gasteiger partial charge in [-0.1, -0.05) is 25.1 Å². The number of aryl methyl sites for hydroxylation is 1. The lowest BCUT2D eigenvalue weighted by Crippen LogP contribution is -2.49. The third-order valence-electron chi connectivity index (χ3n) is 4.76. The van der Waals surface area contributed by atoms with Crippen LogP contribution >= 0.6 is 11.3 Å². The summed E-state index contributed by atoms with van der Waals surface area (Å²) in [5.41, 5.74) is 1.32. The Morgan fingerprint density at radius 2 is 2.04 bits per heavy atom. The topological polar surface area (TPSA) is 52.6 Å². The molecule has 2 heterocycles. The van der Waals surface area contributed by atoms with Crippen molar-refractivity contribution in [2.75, 3.05) is 31.6 Å². The first kappa shape index (κ1) is 18.7.